The first-order valence-electron chi connectivity index (χ1n) is 23.4. The Morgan fingerprint density at radius 3 is 2.44 bits per heavy atom. The summed E-state index contributed by atoms with van der Waals surface area (Å²) in [7, 11) is -5.84. The van der Waals surface area contributed by atoms with E-state index in [1.165, 1.54) is 21.9 Å². The maximum Gasteiger partial charge on any atom is 0.399 e. The molecule has 372 valence electrons. The Balaban J connectivity index is 0.843. The van der Waals surface area contributed by atoms with E-state index in [1.54, 1.807) is 18.2 Å². The minimum Gasteiger partial charge on any atom is -0.370 e. The molecule has 1 fully saturated rings. The van der Waals surface area contributed by atoms with Gasteiger partial charge in [-0.15, -0.1) is 11.3 Å². The van der Waals surface area contributed by atoms with Crippen LogP contribution in [0.1, 0.15) is 125 Å². The monoisotopic (exact) mass is 1010 g/mol. The number of hydrogen-bond acceptors (Lipinski definition) is 10. The van der Waals surface area contributed by atoms with Gasteiger partial charge in [0, 0.05) is 60.0 Å². The molecular formula is C50H51F2N6O11PS. The largest absolute Gasteiger partial charge is 0.399 e. The molecule has 1 aromatic heterocycles. The second-order valence-corrected chi connectivity index (χ2v) is 20.9. The highest BCUT2D eigenvalue weighted by Gasteiger charge is 2.50. The molecule has 4 atom stereocenters. The van der Waals surface area contributed by atoms with Crippen LogP contribution < -0.4 is 26.6 Å². The van der Waals surface area contributed by atoms with E-state index in [0.717, 1.165) is 59.4 Å². The van der Waals surface area contributed by atoms with Gasteiger partial charge in [0.1, 0.15) is 18.1 Å². The molecule has 5 heterocycles. The fraction of sp³-hybridized carbons (Fsp3) is 0.400. The first-order valence-corrected chi connectivity index (χ1v) is 25.8. The molecule has 1 saturated heterocycles. The lowest BCUT2D eigenvalue weighted by molar-refractivity contribution is -0.137. The van der Waals surface area contributed by atoms with Crippen molar-refractivity contribution in [3.63, 3.8) is 0 Å². The highest BCUT2D eigenvalue weighted by atomic mass is 32.1. The van der Waals surface area contributed by atoms with Crippen LogP contribution in [0.5, 0.6) is 0 Å². The average molecular weight is 1010 g/mol. The molecule has 4 aliphatic rings. The molecule has 0 radical (unpaired) electrons. The third-order valence-electron chi connectivity index (χ3n) is 13.4. The number of nitrogens with two attached hydrogens (primary N) is 1. The van der Waals surface area contributed by atoms with Crippen molar-refractivity contribution >= 4 is 81.8 Å². The summed E-state index contributed by atoms with van der Waals surface area (Å²) in [5, 5.41) is 7.99. The molecule has 3 aromatic carbocycles. The highest BCUT2D eigenvalue weighted by Crippen LogP contribution is 2.59. The molecule has 1 unspecified atom stereocenters. The van der Waals surface area contributed by atoms with Gasteiger partial charge in [-0.3, -0.25) is 53.1 Å². The van der Waals surface area contributed by atoms with Gasteiger partial charge in [0.25, 0.3) is 11.8 Å². The number of amides is 7. The topological polar surface area (TPSA) is 263 Å². The Bertz CT molecular complexity index is 2980. The number of carbonyl (C=O) groups excluding carboxylic acids is 8. The number of fused-ring (bicyclic) bond motifs is 2. The van der Waals surface area contributed by atoms with Crippen molar-refractivity contribution in [2.24, 2.45) is 5.73 Å². The summed E-state index contributed by atoms with van der Waals surface area (Å²) in [6.45, 7) is 0.235. The summed E-state index contributed by atoms with van der Waals surface area (Å²) in [6.07, 6.45) is 5.25. The average Bonchev–Trinajstić information content (AvgIpc) is 4.01. The van der Waals surface area contributed by atoms with Gasteiger partial charge in [0.15, 0.2) is 5.78 Å². The molecule has 17 nitrogen and oxygen atoms in total. The van der Waals surface area contributed by atoms with E-state index in [1.807, 2.05) is 18.2 Å². The predicted octanol–water partition coefficient (Wildman–Crippen LogP) is 4.99. The molecular weight excluding hydrogens is 962 g/mol. The summed E-state index contributed by atoms with van der Waals surface area (Å²) in [5.74, 6) is 2.43. The molecule has 7 amide bonds. The zero-order chi connectivity index (χ0) is 50.8. The second-order valence-electron chi connectivity index (χ2n) is 18.2. The summed E-state index contributed by atoms with van der Waals surface area (Å²) in [4.78, 5) is 126. The molecule has 0 saturated carbocycles. The number of Topliss-reactive ketones (excluding diaryl/α,β-unsaturated/α-hetero) is 1. The number of thiophene rings is 1. The van der Waals surface area contributed by atoms with E-state index in [2.05, 4.69) is 27.8 Å². The Hall–Kier alpha value is -6.65. The number of para-hydroxylation sites is 1. The van der Waals surface area contributed by atoms with Crippen molar-refractivity contribution in [2.45, 2.75) is 126 Å². The zero-order valence-electron chi connectivity index (χ0n) is 38.3. The highest BCUT2D eigenvalue weighted by molar-refractivity contribution is 7.52. The quantitative estimate of drug-likeness (QED) is 0.0335. The molecule has 4 aliphatic heterocycles. The standard InChI is InChI=1S/C50H51F2N6O11PS/c51-50(52,70(67,68)69)32-17-21-40-31(24-32)26-41(71-40)47(64)55-36-18-16-29-12-8-13-30-25-38(58(44(29)30)49(36)66)46(63)54-35(19-22-42(53)60)39(59)15-7-5-3-1-2-4-6-10-28-11-9-14-33-34(28)27-57(48(33)65)37-20-23-43(61)56-45(37)62/h8-9,11-14,17,21,24,26,35-38H,1-5,7,15-16,18-20,22-23,25,27H2,(H2,53,60)(H,54,63)(H,55,64)(H,56,61,62)(H2,67,68,69)/t35-,36-,37?,38-/m0/s1. The van der Waals surface area contributed by atoms with Crippen molar-refractivity contribution in [3.8, 4) is 11.8 Å². The number of nitrogens with zero attached hydrogens (tertiary/aromatic N) is 2. The van der Waals surface area contributed by atoms with Crippen LogP contribution in [0.25, 0.3) is 10.1 Å². The number of anilines is 1. The van der Waals surface area contributed by atoms with Crippen LogP contribution in [0.2, 0.25) is 0 Å². The Labute approximate surface area is 410 Å². The minimum atomic E-state index is -5.84. The number of alkyl halides is 2. The van der Waals surface area contributed by atoms with Crippen molar-refractivity contribution in [1.29, 1.82) is 0 Å². The number of ketones is 1. The van der Waals surface area contributed by atoms with Crippen molar-refractivity contribution in [3.05, 3.63) is 98.9 Å². The number of unbranched alkanes of at least 4 members (excludes halogenated alkanes) is 5. The maximum absolute atomic E-state index is 14.5. The number of halogens is 2. The lowest BCUT2D eigenvalue weighted by Gasteiger charge is -2.29. The molecule has 8 rings (SSSR count). The van der Waals surface area contributed by atoms with Gasteiger partial charge in [-0.05, 0) is 90.9 Å². The summed E-state index contributed by atoms with van der Waals surface area (Å²) < 4.78 is 40.8. The minimum absolute atomic E-state index is 0.0442. The third-order valence-corrected chi connectivity index (χ3v) is 15.5. The van der Waals surface area contributed by atoms with Crippen LogP contribution in [-0.2, 0) is 58.4 Å². The summed E-state index contributed by atoms with van der Waals surface area (Å²) in [5.41, 5.74) is 4.08. The molecule has 0 bridgehead atoms. The maximum atomic E-state index is 14.5. The Morgan fingerprint density at radius 1 is 0.930 bits per heavy atom. The van der Waals surface area contributed by atoms with Crippen molar-refractivity contribution < 1.29 is 61.5 Å². The van der Waals surface area contributed by atoms with Gasteiger partial charge in [0.2, 0.25) is 29.5 Å². The van der Waals surface area contributed by atoms with E-state index in [9.17, 15) is 61.5 Å². The Morgan fingerprint density at radius 2 is 1.68 bits per heavy atom. The number of hydrogen-bond donors (Lipinski definition) is 6. The first-order chi connectivity index (χ1) is 33.8. The van der Waals surface area contributed by atoms with Crippen LogP contribution in [-0.4, -0.2) is 86.0 Å². The van der Waals surface area contributed by atoms with Gasteiger partial charge >= 0.3 is 13.3 Å². The van der Waals surface area contributed by atoms with Crippen molar-refractivity contribution in [1.82, 2.24) is 20.9 Å². The van der Waals surface area contributed by atoms with Crippen molar-refractivity contribution in [2.75, 3.05) is 4.90 Å². The lowest BCUT2D eigenvalue weighted by Crippen LogP contribution is -2.56. The normalized spacial score (nSPS) is 19.1. The van der Waals surface area contributed by atoms with Crippen LogP contribution >= 0.6 is 18.9 Å². The molecule has 21 heteroatoms. The summed E-state index contributed by atoms with van der Waals surface area (Å²) >= 11 is 0.937. The number of aryl methyl sites for hydroxylation is 1. The number of carbonyl (C=O) groups is 8. The second kappa shape index (κ2) is 21.0. The van der Waals surface area contributed by atoms with E-state index >= 15 is 0 Å². The fourth-order valence-electron chi connectivity index (χ4n) is 9.66. The zero-order valence-corrected chi connectivity index (χ0v) is 40.1. The predicted molar refractivity (Wildman–Crippen MR) is 256 cm³/mol. The van der Waals surface area contributed by atoms with Crippen LogP contribution in [0.3, 0.4) is 0 Å². The van der Waals surface area contributed by atoms with E-state index in [4.69, 9.17) is 5.73 Å². The number of imide groups is 1. The summed E-state index contributed by atoms with van der Waals surface area (Å²) in [6, 6.07) is 11.1. The molecule has 0 aliphatic carbocycles. The van der Waals surface area contributed by atoms with E-state index in [0.29, 0.717) is 47.2 Å². The molecule has 71 heavy (non-hydrogen) atoms. The van der Waals surface area contributed by atoms with Gasteiger partial charge < -0.3 is 31.1 Å². The van der Waals surface area contributed by atoms with Gasteiger partial charge in [0.05, 0.1) is 16.6 Å². The number of piperidine rings is 1. The van der Waals surface area contributed by atoms with E-state index < -0.39 is 72.5 Å². The first kappa shape index (κ1) is 50.7. The molecule has 0 spiro atoms. The number of rotatable bonds is 18. The lowest BCUT2D eigenvalue weighted by atomic mass is 9.99. The molecule has 4 aromatic rings. The molecule has 7 N–H and O–H groups in total. The Kier molecular flexibility index (Phi) is 15.0. The number of benzene rings is 3. The third kappa shape index (κ3) is 10.8. The van der Waals surface area contributed by atoms with Gasteiger partial charge in [-0.25, -0.2) is 0 Å². The van der Waals surface area contributed by atoms with Gasteiger partial charge in [-0.1, -0.05) is 61.4 Å². The fourth-order valence-corrected chi connectivity index (χ4v) is 11.1. The van der Waals surface area contributed by atoms with Gasteiger partial charge in [-0.2, -0.15) is 8.78 Å². The van der Waals surface area contributed by atoms with Crippen LogP contribution in [0, 0.1) is 11.8 Å². The van der Waals surface area contributed by atoms with Crippen LogP contribution in [0.4, 0.5) is 14.5 Å². The number of nitrogens with one attached hydrogen (secondary N) is 3. The van der Waals surface area contributed by atoms with E-state index in [-0.39, 0.29) is 79.4 Å². The van der Waals surface area contributed by atoms with Crippen LogP contribution in [0.15, 0.2) is 60.7 Å². The SMILES string of the molecule is NC(=O)CC[C@H](NC(=O)[C@@H]1Cc2cccc3c2N1C(=O)[C@@H](NC(=O)c1cc2cc(C(F)(F)P(=O)(O)O)ccc2s1)CC3)C(=O)CCCCCCCC#Cc1cccc2c1CN(C1CCC(=O)NC1=O)C2=O. The number of primary amides is 1. The smallest absolute Gasteiger partial charge is 0.370 e.